The van der Waals surface area contributed by atoms with Crippen molar-refractivity contribution in [1.29, 1.82) is 0 Å². The number of aromatic nitrogens is 3. The molecule has 0 amide bonds. The summed E-state index contributed by atoms with van der Waals surface area (Å²) in [4.78, 5) is 0. The standard InChI is InChI=1S/C12H15N3O/c1-2-15-11(13-14-12(15)9-16)8-10-6-4-3-5-7-10/h3-7,16H,2,8-9H2,1H3. The number of aliphatic hydroxyl groups excluding tert-OH is 1. The van der Waals surface area contributed by atoms with Crippen LogP contribution in [0.3, 0.4) is 0 Å². The molecule has 1 aromatic heterocycles. The molecule has 0 radical (unpaired) electrons. The number of rotatable bonds is 4. The van der Waals surface area contributed by atoms with Crippen molar-refractivity contribution in [2.24, 2.45) is 0 Å². The van der Waals surface area contributed by atoms with Crippen LogP contribution >= 0.6 is 0 Å². The largest absolute Gasteiger partial charge is 0.388 e. The van der Waals surface area contributed by atoms with Crippen LogP contribution in [0.25, 0.3) is 0 Å². The summed E-state index contributed by atoms with van der Waals surface area (Å²) < 4.78 is 1.95. The van der Waals surface area contributed by atoms with Gasteiger partial charge in [-0.05, 0) is 12.5 Å². The van der Waals surface area contributed by atoms with Crippen molar-refractivity contribution in [2.45, 2.75) is 26.5 Å². The van der Waals surface area contributed by atoms with Crippen LogP contribution in [-0.4, -0.2) is 19.9 Å². The Morgan fingerprint density at radius 2 is 1.81 bits per heavy atom. The van der Waals surface area contributed by atoms with Crippen LogP contribution < -0.4 is 0 Å². The van der Waals surface area contributed by atoms with Crippen LogP contribution in [-0.2, 0) is 19.6 Å². The van der Waals surface area contributed by atoms with E-state index >= 15 is 0 Å². The Morgan fingerprint density at radius 3 is 2.44 bits per heavy atom. The van der Waals surface area contributed by atoms with Crippen LogP contribution in [0.2, 0.25) is 0 Å². The predicted octanol–water partition coefficient (Wildman–Crippen LogP) is 1.38. The summed E-state index contributed by atoms with van der Waals surface area (Å²) in [5.74, 6) is 1.53. The molecule has 4 heteroatoms. The Balaban J connectivity index is 2.25. The summed E-state index contributed by atoms with van der Waals surface area (Å²) in [6, 6.07) is 10.1. The van der Waals surface area contributed by atoms with E-state index in [0.717, 1.165) is 18.8 Å². The van der Waals surface area contributed by atoms with Gasteiger partial charge in [0, 0.05) is 13.0 Å². The van der Waals surface area contributed by atoms with Gasteiger partial charge in [-0.3, -0.25) is 0 Å². The second-order valence-corrected chi connectivity index (χ2v) is 3.60. The molecular formula is C12H15N3O. The molecular weight excluding hydrogens is 202 g/mol. The van der Waals surface area contributed by atoms with Crippen molar-refractivity contribution in [2.75, 3.05) is 0 Å². The van der Waals surface area contributed by atoms with Crippen LogP contribution in [0, 0.1) is 0 Å². The van der Waals surface area contributed by atoms with Crippen molar-refractivity contribution in [3.63, 3.8) is 0 Å². The third-order valence-electron chi connectivity index (χ3n) is 2.57. The Morgan fingerprint density at radius 1 is 1.12 bits per heavy atom. The monoisotopic (exact) mass is 217 g/mol. The molecule has 0 saturated carbocycles. The average Bonchev–Trinajstić information content (AvgIpc) is 2.72. The number of hydrogen-bond acceptors (Lipinski definition) is 3. The summed E-state index contributed by atoms with van der Waals surface area (Å²) in [5.41, 5.74) is 1.20. The fraction of sp³-hybridized carbons (Fsp3) is 0.333. The van der Waals surface area contributed by atoms with Gasteiger partial charge in [0.25, 0.3) is 0 Å². The fourth-order valence-electron chi connectivity index (χ4n) is 1.76. The van der Waals surface area contributed by atoms with E-state index in [0.29, 0.717) is 5.82 Å². The molecule has 84 valence electrons. The SMILES string of the molecule is CCn1c(CO)nnc1Cc1ccccc1. The van der Waals surface area contributed by atoms with Gasteiger partial charge < -0.3 is 9.67 Å². The highest BCUT2D eigenvalue weighted by Gasteiger charge is 2.09. The predicted molar refractivity (Wildman–Crippen MR) is 60.9 cm³/mol. The van der Waals surface area contributed by atoms with E-state index in [4.69, 9.17) is 5.11 Å². The Bertz CT molecular complexity index is 451. The van der Waals surface area contributed by atoms with E-state index < -0.39 is 0 Å². The molecule has 4 nitrogen and oxygen atoms in total. The molecule has 1 heterocycles. The minimum Gasteiger partial charge on any atom is -0.388 e. The number of benzene rings is 1. The maximum atomic E-state index is 9.11. The first-order valence-corrected chi connectivity index (χ1v) is 5.41. The van der Waals surface area contributed by atoms with Crippen LogP contribution in [0.4, 0.5) is 0 Å². The second-order valence-electron chi connectivity index (χ2n) is 3.60. The molecule has 1 N–H and O–H groups in total. The van der Waals surface area contributed by atoms with Gasteiger partial charge in [-0.2, -0.15) is 0 Å². The van der Waals surface area contributed by atoms with Crippen molar-refractivity contribution < 1.29 is 5.11 Å². The van der Waals surface area contributed by atoms with E-state index in [1.54, 1.807) is 0 Å². The Hall–Kier alpha value is -1.68. The molecule has 0 aliphatic rings. The highest BCUT2D eigenvalue weighted by atomic mass is 16.3. The van der Waals surface area contributed by atoms with E-state index in [1.807, 2.05) is 29.7 Å². The van der Waals surface area contributed by atoms with E-state index in [1.165, 1.54) is 5.56 Å². The van der Waals surface area contributed by atoms with Crippen LogP contribution in [0.15, 0.2) is 30.3 Å². The summed E-state index contributed by atoms with van der Waals surface area (Å²) in [6.45, 7) is 2.75. The molecule has 2 aromatic rings. The lowest BCUT2D eigenvalue weighted by atomic mass is 10.1. The molecule has 0 spiro atoms. The Kier molecular flexibility index (Phi) is 3.31. The van der Waals surface area contributed by atoms with Gasteiger partial charge in [-0.25, -0.2) is 0 Å². The molecule has 0 bridgehead atoms. The topological polar surface area (TPSA) is 50.9 Å². The van der Waals surface area contributed by atoms with Crippen molar-refractivity contribution in [3.05, 3.63) is 47.5 Å². The normalized spacial score (nSPS) is 10.6. The molecule has 0 fully saturated rings. The molecule has 0 aliphatic carbocycles. The van der Waals surface area contributed by atoms with Gasteiger partial charge in [0.15, 0.2) is 5.82 Å². The van der Waals surface area contributed by atoms with Crippen molar-refractivity contribution in [3.8, 4) is 0 Å². The number of aliphatic hydroxyl groups is 1. The molecule has 2 rings (SSSR count). The molecule has 16 heavy (non-hydrogen) atoms. The lowest BCUT2D eigenvalue weighted by molar-refractivity contribution is 0.264. The Labute approximate surface area is 94.6 Å². The maximum absolute atomic E-state index is 9.11. The number of hydrogen-bond donors (Lipinski definition) is 1. The minimum atomic E-state index is -0.0599. The summed E-state index contributed by atoms with van der Waals surface area (Å²) in [5, 5.41) is 17.2. The van der Waals surface area contributed by atoms with Crippen molar-refractivity contribution in [1.82, 2.24) is 14.8 Å². The summed E-state index contributed by atoms with van der Waals surface area (Å²) in [6.07, 6.45) is 0.752. The molecule has 0 atom stereocenters. The van der Waals surface area contributed by atoms with Gasteiger partial charge in [0.2, 0.25) is 0 Å². The van der Waals surface area contributed by atoms with Gasteiger partial charge in [-0.15, -0.1) is 10.2 Å². The quantitative estimate of drug-likeness (QED) is 0.841. The van der Waals surface area contributed by atoms with Crippen LogP contribution in [0.5, 0.6) is 0 Å². The fourth-order valence-corrected chi connectivity index (χ4v) is 1.76. The lowest BCUT2D eigenvalue weighted by Crippen LogP contribution is -2.06. The summed E-state index contributed by atoms with van der Waals surface area (Å²) in [7, 11) is 0. The highest BCUT2D eigenvalue weighted by Crippen LogP contribution is 2.09. The second kappa shape index (κ2) is 4.90. The van der Waals surface area contributed by atoms with E-state index in [2.05, 4.69) is 22.3 Å². The first kappa shape index (κ1) is 10.8. The summed E-state index contributed by atoms with van der Waals surface area (Å²) >= 11 is 0. The van der Waals surface area contributed by atoms with Crippen molar-refractivity contribution >= 4 is 0 Å². The smallest absolute Gasteiger partial charge is 0.158 e. The number of nitrogens with zero attached hydrogens (tertiary/aromatic N) is 3. The highest BCUT2D eigenvalue weighted by molar-refractivity contribution is 5.19. The molecule has 0 aliphatic heterocycles. The average molecular weight is 217 g/mol. The van der Waals surface area contributed by atoms with E-state index in [9.17, 15) is 0 Å². The molecule has 0 saturated heterocycles. The zero-order chi connectivity index (χ0) is 11.4. The first-order chi connectivity index (χ1) is 7.85. The van der Waals surface area contributed by atoms with E-state index in [-0.39, 0.29) is 6.61 Å². The third kappa shape index (κ3) is 2.12. The zero-order valence-corrected chi connectivity index (χ0v) is 9.30. The van der Waals surface area contributed by atoms with Gasteiger partial charge in [-0.1, -0.05) is 30.3 Å². The third-order valence-corrected chi connectivity index (χ3v) is 2.57. The van der Waals surface area contributed by atoms with Gasteiger partial charge in [0.05, 0.1) is 0 Å². The van der Waals surface area contributed by atoms with Gasteiger partial charge >= 0.3 is 0 Å². The van der Waals surface area contributed by atoms with Crippen LogP contribution in [0.1, 0.15) is 24.1 Å². The molecule has 1 aromatic carbocycles. The zero-order valence-electron chi connectivity index (χ0n) is 9.30. The minimum absolute atomic E-state index is 0.0599. The maximum Gasteiger partial charge on any atom is 0.158 e. The lowest BCUT2D eigenvalue weighted by Gasteiger charge is -2.05. The molecule has 0 unspecified atom stereocenters. The first-order valence-electron chi connectivity index (χ1n) is 5.41. The van der Waals surface area contributed by atoms with Gasteiger partial charge in [0.1, 0.15) is 12.4 Å².